The molecule has 0 unspecified atom stereocenters. The van der Waals surface area contributed by atoms with E-state index in [0.29, 0.717) is 16.7 Å². The van der Waals surface area contributed by atoms with Crippen molar-refractivity contribution in [3.8, 4) is 11.1 Å². The van der Waals surface area contributed by atoms with E-state index in [-0.39, 0.29) is 24.9 Å². The number of hydrogen-bond acceptors (Lipinski definition) is 6. The van der Waals surface area contributed by atoms with Gasteiger partial charge in [0.2, 0.25) is 0 Å². The Bertz CT molecular complexity index is 1320. The molecule has 0 spiro atoms. The molecule has 3 aromatic rings. The molecular formula is C30H32BNO6. The molecule has 0 saturated carbocycles. The number of rotatable bonds is 6. The molecular weight excluding hydrogens is 481 g/mol. The number of anilines is 1. The van der Waals surface area contributed by atoms with Gasteiger partial charge in [0.15, 0.2) is 0 Å². The number of carbonyl (C=O) groups is 2. The van der Waals surface area contributed by atoms with E-state index in [9.17, 15) is 9.59 Å². The van der Waals surface area contributed by atoms with E-state index in [0.717, 1.165) is 11.1 Å². The van der Waals surface area contributed by atoms with Crippen LogP contribution in [0.15, 0.2) is 66.7 Å². The summed E-state index contributed by atoms with van der Waals surface area (Å²) in [5.41, 5.74) is 5.39. The van der Waals surface area contributed by atoms with Gasteiger partial charge in [0.25, 0.3) is 0 Å². The third kappa shape index (κ3) is 4.94. The summed E-state index contributed by atoms with van der Waals surface area (Å²) in [5, 5.41) is 2.83. The van der Waals surface area contributed by atoms with Crippen LogP contribution < -0.4 is 10.8 Å². The molecule has 1 heterocycles. The van der Waals surface area contributed by atoms with Gasteiger partial charge in [-0.25, -0.2) is 4.79 Å². The van der Waals surface area contributed by atoms with Crippen LogP contribution in [-0.2, 0) is 30.0 Å². The molecule has 7 nitrogen and oxygen atoms in total. The molecule has 1 N–H and O–H groups in total. The van der Waals surface area contributed by atoms with Gasteiger partial charge in [-0.15, -0.1) is 0 Å². The highest BCUT2D eigenvalue weighted by Crippen LogP contribution is 2.44. The maximum Gasteiger partial charge on any atom is 0.494 e. The first-order chi connectivity index (χ1) is 18.1. The molecule has 5 rings (SSSR count). The van der Waals surface area contributed by atoms with Gasteiger partial charge in [-0.05, 0) is 73.1 Å². The molecule has 1 aliphatic heterocycles. The minimum absolute atomic E-state index is 0.0425. The largest absolute Gasteiger partial charge is 0.494 e. The number of nitrogens with one attached hydrogen (secondary N) is 1. The van der Waals surface area contributed by atoms with Crippen molar-refractivity contribution < 1.29 is 28.4 Å². The Hall–Kier alpha value is -3.62. The number of esters is 1. The lowest BCUT2D eigenvalue weighted by atomic mass is 9.78. The number of ether oxygens (including phenoxy) is 2. The summed E-state index contributed by atoms with van der Waals surface area (Å²) in [6.07, 6.45) is -0.537. The highest BCUT2D eigenvalue weighted by atomic mass is 16.7. The van der Waals surface area contributed by atoms with Gasteiger partial charge >= 0.3 is 19.2 Å². The van der Waals surface area contributed by atoms with E-state index < -0.39 is 24.4 Å². The Kier molecular flexibility index (Phi) is 6.80. The van der Waals surface area contributed by atoms with Crippen LogP contribution in [0.3, 0.4) is 0 Å². The van der Waals surface area contributed by atoms with Gasteiger partial charge in [-0.1, -0.05) is 54.6 Å². The number of benzene rings is 3. The average Bonchev–Trinajstić information content (AvgIpc) is 3.31. The lowest BCUT2D eigenvalue weighted by Gasteiger charge is -2.32. The van der Waals surface area contributed by atoms with E-state index >= 15 is 0 Å². The van der Waals surface area contributed by atoms with E-state index in [1.54, 1.807) is 12.1 Å². The minimum atomic E-state index is -0.652. The topological polar surface area (TPSA) is 83.1 Å². The van der Waals surface area contributed by atoms with Crippen LogP contribution >= 0.6 is 0 Å². The first kappa shape index (κ1) is 26.0. The van der Waals surface area contributed by atoms with Crippen LogP contribution in [0.1, 0.15) is 50.3 Å². The number of amides is 1. The number of carbonyl (C=O) groups excluding carboxylic acids is 2. The van der Waals surface area contributed by atoms with Crippen molar-refractivity contribution in [3.63, 3.8) is 0 Å². The van der Waals surface area contributed by atoms with Gasteiger partial charge in [-0.2, -0.15) is 0 Å². The highest BCUT2D eigenvalue weighted by Gasteiger charge is 2.51. The zero-order chi connectivity index (χ0) is 27.1. The van der Waals surface area contributed by atoms with E-state index in [1.165, 1.54) is 18.2 Å². The minimum Gasteiger partial charge on any atom is -0.469 e. The maximum absolute atomic E-state index is 12.9. The molecule has 3 aromatic carbocycles. The van der Waals surface area contributed by atoms with Crippen molar-refractivity contribution in [1.29, 1.82) is 0 Å². The molecule has 1 aliphatic carbocycles. The number of methoxy groups -OCH3 is 1. The van der Waals surface area contributed by atoms with Crippen LogP contribution in [0.2, 0.25) is 0 Å². The molecule has 8 heteroatoms. The predicted octanol–water partition coefficient (Wildman–Crippen LogP) is 5.06. The summed E-state index contributed by atoms with van der Waals surface area (Å²) >= 11 is 0. The molecule has 196 valence electrons. The van der Waals surface area contributed by atoms with Gasteiger partial charge < -0.3 is 18.8 Å². The second kappa shape index (κ2) is 9.93. The normalized spacial score (nSPS) is 17.0. The van der Waals surface area contributed by atoms with Gasteiger partial charge in [-0.3, -0.25) is 10.1 Å². The molecule has 38 heavy (non-hydrogen) atoms. The number of hydrogen-bond donors (Lipinski definition) is 1. The van der Waals surface area contributed by atoms with Crippen molar-refractivity contribution in [2.45, 2.75) is 51.2 Å². The second-order valence-corrected chi connectivity index (χ2v) is 10.8. The van der Waals surface area contributed by atoms with Crippen LogP contribution in [-0.4, -0.2) is 44.1 Å². The Morgan fingerprint density at radius 3 is 2.05 bits per heavy atom. The zero-order valence-electron chi connectivity index (χ0n) is 22.4. The van der Waals surface area contributed by atoms with Crippen molar-refractivity contribution >= 4 is 30.3 Å². The van der Waals surface area contributed by atoms with Crippen molar-refractivity contribution in [2.24, 2.45) is 0 Å². The molecule has 2 aliphatic rings. The summed E-state index contributed by atoms with van der Waals surface area (Å²) < 4.78 is 23.0. The molecule has 1 amide bonds. The fraction of sp³-hybridized carbons (Fsp3) is 0.333. The first-order valence-corrected chi connectivity index (χ1v) is 12.8. The SMILES string of the molecule is COC(=O)Cc1cc(NC(=O)OCC2c3ccccc3-c3ccccc32)cc(B2OC(C)(C)C(C)(C)O2)c1. The third-order valence-electron chi connectivity index (χ3n) is 7.71. The lowest BCUT2D eigenvalue weighted by Crippen LogP contribution is -2.41. The predicted molar refractivity (Wildman–Crippen MR) is 147 cm³/mol. The summed E-state index contributed by atoms with van der Waals surface area (Å²) in [6, 6.07) is 21.7. The molecule has 0 radical (unpaired) electrons. The van der Waals surface area contributed by atoms with E-state index in [2.05, 4.69) is 29.6 Å². The van der Waals surface area contributed by atoms with Gasteiger partial charge in [0.1, 0.15) is 6.61 Å². The number of fused-ring (bicyclic) bond motifs is 3. The maximum atomic E-state index is 12.9. The summed E-state index contributed by atoms with van der Waals surface area (Å²) in [5.74, 6) is -0.428. The fourth-order valence-corrected chi connectivity index (χ4v) is 5.00. The lowest BCUT2D eigenvalue weighted by molar-refractivity contribution is -0.139. The monoisotopic (exact) mass is 513 g/mol. The standard InChI is InChI=1S/C30H32BNO6/c1-29(2)30(3,4)38-31(37-29)20-14-19(16-27(33)35-5)15-21(17-20)32-28(34)36-18-26-24-12-8-6-10-22(24)23-11-7-9-13-25(23)26/h6-15,17,26H,16,18H2,1-5H3,(H,32,34). The van der Waals surface area contributed by atoms with Crippen molar-refractivity contribution in [3.05, 3.63) is 83.4 Å². The summed E-state index contributed by atoms with van der Waals surface area (Å²) in [7, 11) is 0.691. The van der Waals surface area contributed by atoms with Crippen LogP contribution in [0.25, 0.3) is 11.1 Å². The molecule has 1 saturated heterocycles. The van der Waals surface area contributed by atoms with Crippen LogP contribution in [0, 0.1) is 0 Å². The van der Waals surface area contributed by atoms with E-state index in [1.807, 2.05) is 58.0 Å². The van der Waals surface area contributed by atoms with Crippen molar-refractivity contribution in [1.82, 2.24) is 0 Å². The Morgan fingerprint density at radius 1 is 0.895 bits per heavy atom. The van der Waals surface area contributed by atoms with Gasteiger partial charge in [0.05, 0.1) is 24.7 Å². The Labute approximate surface area is 223 Å². The van der Waals surface area contributed by atoms with Crippen molar-refractivity contribution in [2.75, 3.05) is 19.0 Å². The molecule has 1 fully saturated rings. The fourth-order valence-electron chi connectivity index (χ4n) is 5.00. The molecule has 0 atom stereocenters. The first-order valence-electron chi connectivity index (χ1n) is 12.8. The molecule has 0 aromatic heterocycles. The Morgan fingerprint density at radius 2 is 1.47 bits per heavy atom. The van der Waals surface area contributed by atoms with Gasteiger partial charge in [0, 0.05) is 11.6 Å². The average molecular weight is 513 g/mol. The zero-order valence-corrected chi connectivity index (χ0v) is 22.4. The quantitative estimate of drug-likeness (QED) is 0.367. The van der Waals surface area contributed by atoms with E-state index in [4.69, 9.17) is 18.8 Å². The summed E-state index contributed by atoms with van der Waals surface area (Å²) in [6.45, 7) is 8.09. The Balaban J connectivity index is 1.34. The summed E-state index contributed by atoms with van der Waals surface area (Å²) in [4.78, 5) is 24.9. The molecule has 0 bridgehead atoms. The van der Waals surface area contributed by atoms with Crippen LogP contribution in [0.4, 0.5) is 10.5 Å². The smallest absolute Gasteiger partial charge is 0.469 e. The highest BCUT2D eigenvalue weighted by molar-refractivity contribution is 6.62. The van der Waals surface area contributed by atoms with Crippen LogP contribution in [0.5, 0.6) is 0 Å². The third-order valence-corrected chi connectivity index (χ3v) is 7.71. The second-order valence-electron chi connectivity index (χ2n) is 10.8.